The van der Waals surface area contributed by atoms with E-state index < -0.39 is 0 Å². The fourth-order valence-corrected chi connectivity index (χ4v) is 3.01. The molecule has 0 unspecified atom stereocenters. The van der Waals surface area contributed by atoms with Crippen molar-refractivity contribution in [2.24, 2.45) is 0 Å². The molecule has 0 bridgehead atoms. The van der Waals surface area contributed by atoms with Gasteiger partial charge in [0.05, 0.1) is 11.0 Å². The number of unbranched alkanes of at least 4 members (excludes halogenated alkanes) is 1. The number of rotatable bonds is 10. The summed E-state index contributed by atoms with van der Waals surface area (Å²) in [7, 11) is 0. The molecule has 0 aliphatic rings. The lowest BCUT2D eigenvalue weighted by molar-refractivity contribution is 0.239. The molecule has 2 aromatic rings. The summed E-state index contributed by atoms with van der Waals surface area (Å²) in [5.74, 6) is 1.26. The van der Waals surface area contributed by atoms with Gasteiger partial charge >= 0.3 is 0 Å². The van der Waals surface area contributed by atoms with Crippen LogP contribution in [-0.4, -0.2) is 30.2 Å². The number of benzene rings is 1. The Morgan fingerprint density at radius 2 is 2.12 bits per heavy atom. The smallest absolute Gasteiger partial charge is 0.140 e. The second-order valence-electron chi connectivity index (χ2n) is 6.07. The number of hydrogen-bond acceptors (Lipinski definition) is 5. The van der Waals surface area contributed by atoms with E-state index in [1.54, 1.807) is 11.3 Å². The first kappa shape index (κ1) is 19.4. The normalized spacial score (nSPS) is 10.9. The maximum absolute atomic E-state index is 8.85. The van der Waals surface area contributed by atoms with Crippen LogP contribution in [0.2, 0.25) is 0 Å². The minimum absolute atomic E-state index is 0.108. The molecule has 5 nitrogen and oxygen atoms in total. The minimum Gasteiger partial charge on any atom is -0.491 e. The maximum atomic E-state index is 8.85. The fourth-order valence-electron chi connectivity index (χ4n) is 2.38. The Kier molecular flexibility index (Phi) is 7.91. The Morgan fingerprint density at radius 3 is 2.80 bits per heavy atom. The third-order valence-corrected chi connectivity index (χ3v) is 4.42. The molecule has 0 amide bonds. The Bertz CT molecular complexity index is 657. The van der Waals surface area contributed by atoms with Gasteiger partial charge in [-0.3, -0.25) is 5.41 Å². The average Bonchev–Trinajstić information content (AvgIpc) is 3.11. The Morgan fingerprint density at radius 1 is 1.28 bits per heavy atom. The van der Waals surface area contributed by atoms with Gasteiger partial charge in [0.15, 0.2) is 0 Å². The van der Waals surface area contributed by atoms with E-state index in [1.807, 2.05) is 49.6 Å². The van der Waals surface area contributed by atoms with Gasteiger partial charge in [0.1, 0.15) is 11.6 Å². The molecule has 0 radical (unpaired) electrons. The van der Waals surface area contributed by atoms with E-state index >= 15 is 0 Å². The van der Waals surface area contributed by atoms with Crippen LogP contribution in [0.1, 0.15) is 37.1 Å². The van der Waals surface area contributed by atoms with Crippen molar-refractivity contribution < 1.29 is 9.84 Å². The minimum atomic E-state index is 0.108. The highest BCUT2D eigenvalue weighted by Gasteiger charge is 2.09. The van der Waals surface area contributed by atoms with Crippen LogP contribution in [-0.2, 0) is 6.54 Å². The number of aliphatic hydroxyl groups is 1. The largest absolute Gasteiger partial charge is 0.491 e. The van der Waals surface area contributed by atoms with Gasteiger partial charge in [-0.25, -0.2) is 0 Å². The standard InChI is InChI=1S/C19H27N3O2S/c1-14(2)24-17-8-7-16(22-19(20)18-6-5-11-25-18)12-15(17)13-21-9-3-4-10-23/h5-8,11-12,14,21,23H,3-4,9-10,13H2,1-2H3,(H2,20,22). The molecular weight excluding hydrogens is 334 g/mol. The van der Waals surface area contributed by atoms with Crippen LogP contribution in [0.15, 0.2) is 35.7 Å². The summed E-state index contributed by atoms with van der Waals surface area (Å²) in [6, 6.07) is 9.79. The summed E-state index contributed by atoms with van der Waals surface area (Å²) in [5.41, 5.74) is 1.93. The lowest BCUT2D eigenvalue weighted by Gasteiger charge is -2.17. The van der Waals surface area contributed by atoms with Crippen molar-refractivity contribution in [2.75, 3.05) is 18.5 Å². The number of anilines is 1. The molecule has 0 spiro atoms. The van der Waals surface area contributed by atoms with Gasteiger partial charge in [0, 0.05) is 24.4 Å². The fraction of sp³-hybridized carbons (Fsp3) is 0.421. The van der Waals surface area contributed by atoms with Gasteiger partial charge in [-0.2, -0.15) is 0 Å². The third kappa shape index (κ3) is 6.49. The summed E-state index contributed by atoms with van der Waals surface area (Å²) in [6.45, 7) is 5.79. The van der Waals surface area contributed by atoms with E-state index in [2.05, 4.69) is 10.6 Å². The summed E-state index contributed by atoms with van der Waals surface area (Å²) >= 11 is 1.54. The Hall–Kier alpha value is -1.89. The average molecular weight is 362 g/mol. The molecule has 0 aliphatic carbocycles. The van der Waals surface area contributed by atoms with Crippen molar-refractivity contribution in [3.63, 3.8) is 0 Å². The summed E-state index contributed by atoms with van der Waals surface area (Å²) in [5, 5.41) is 25.5. The summed E-state index contributed by atoms with van der Waals surface area (Å²) in [6.07, 6.45) is 1.86. The molecule has 0 fully saturated rings. The van der Waals surface area contributed by atoms with E-state index in [0.717, 1.165) is 41.3 Å². The quantitative estimate of drug-likeness (QED) is 0.295. The van der Waals surface area contributed by atoms with Gasteiger partial charge in [0.2, 0.25) is 0 Å². The molecule has 4 N–H and O–H groups in total. The molecular formula is C19H27N3O2S. The Labute approximate surface area is 153 Å². The summed E-state index contributed by atoms with van der Waals surface area (Å²) in [4.78, 5) is 0.909. The van der Waals surface area contributed by atoms with Crippen molar-refractivity contribution in [1.82, 2.24) is 5.32 Å². The molecule has 1 aromatic carbocycles. The highest BCUT2D eigenvalue weighted by molar-refractivity contribution is 7.12. The van der Waals surface area contributed by atoms with Gasteiger partial charge in [-0.05, 0) is 62.9 Å². The van der Waals surface area contributed by atoms with Crippen LogP contribution in [0.3, 0.4) is 0 Å². The zero-order chi connectivity index (χ0) is 18.1. The predicted octanol–water partition coefficient (Wildman–Crippen LogP) is 3.83. The van der Waals surface area contributed by atoms with E-state index in [-0.39, 0.29) is 12.7 Å². The molecule has 25 heavy (non-hydrogen) atoms. The number of thiophene rings is 1. The summed E-state index contributed by atoms with van der Waals surface area (Å²) < 4.78 is 5.90. The first-order valence-electron chi connectivity index (χ1n) is 8.60. The van der Waals surface area contributed by atoms with Crippen LogP contribution in [0.25, 0.3) is 0 Å². The predicted molar refractivity (Wildman–Crippen MR) is 105 cm³/mol. The molecule has 1 aromatic heterocycles. The number of amidine groups is 1. The lowest BCUT2D eigenvalue weighted by atomic mass is 10.1. The first-order chi connectivity index (χ1) is 12.1. The van der Waals surface area contributed by atoms with Crippen LogP contribution >= 0.6 is 11.3 Å². The molecule has 0 saturated heterocycles. The molecule has 0 saturated carbocycles. The van der Waals surface area contributed by atoms with Crippen LogP contribution in [0, 0.1) is 5.41 Å². The van der Waals surface area contributed by atoms with Crippen molar-refractivity contribution in [2.45, 2.75) is 39.3 Å². The second-order valence-corrected chi connectivity index (χ2v) is 7.02. The van der Waals surface area contributed by atoms with E-state index in [0.29, 0.717) is 12.4 Å². The molecule has 1 heterocycles. The number of ether oxygens (including phenoxy) is 1. The zero-order valence-corrected chi connectivity index (χ0v) is 15.7. The molecule has 6 heteroatoms. The van der Waals surface area contributed by atoms with Gasteiger partial charge in [-0.15, -0.1) is 11.3 Å². The molecule has 0 aliphatic heterocycles. The highest BCUT2D eigenvalue weighted by Crippen LogP contribution is 2.25. The topological polar surface area (TPSA) is 77.4 Å². The first-order valence-corrected chi connectivity index (χ1v) is 9.48. The lowest BCUT2D eigenvalue weighted by Crippen LogP contribution is -2.17. The van der Waals surface area contributed by atoms with Crippen LogP contribution in [0.5, 0.6) is 5.75 Å². The van der Waals surface area contributed by atoms with E-state index in [1.165, 1.54) is 0 Å². The van der Waals surface area contributed by atoms with Crippen molar-refractivity contribution in [1.29, 1.82) is 5.41 Å². The zero-order valence-electron chi connectivity index (χ0n) is 14.8. The molecule has 136 valence electrons. The monoisotopic (exact) mass is 361 g/mol. The third-order valence-electron chi connectivity index (χ3n) is 3.54. The molecule has 0 atom stereocenters. The Balaban J connectivity index is 2.05. The van der Waals surface area contributed by atoms with Crippen molar-refractivity contribution >= 4 is 22.9 Å². The highest BCUT2D eigenvalue weighted by atomic mass is 32.1. The van der Waals surface area contributed by atoms with Gasteiger partial charge < -0.3 is 20.5 Å². The number of nitrogens with one attached hydrogen (secondary N) is 3. The maximum Gasteiger partial charge on any atom is 0.140 e. The van der Waals surface area contributed by atoms with Crippen molar-refractivity contribution in [3.05, 3.63) is 46.2 Å². The van der Waals surface area contributed by atoms with Crippen molar-refractivity contribution in [3.8, 4) is 5.75 Å². The number of hydrogen-bond donors (Lipinski definition) is 4. The SMILES string of the molecule is CC(C)Oc1ccc(NC(=N)c2cccs2)cc1CNCCCCO. The van der Waals surface area contributed by atoms with Gasteiger partial charge in [0.25, 0.3) is 0 Å². The van der Waals surface area contributed by atoms with E-state index in [9.17, 15) is 0 Å². The van der Waals surface area contributed by atoms with Crippen LogP contribution in [0.4, 0.5) is 5.69 Å². The van der Waals surface area contributed by atoms with Gasteiger partial charge in [-0.1, -0.05) is 6.07 Å². The van der Waals surface area contributed by atoms with E-state index in [4.69, 9.17) is 15.3 Å². The molecule has 2 rings (SSSR count). The second kappa shape index (κ2) is 10.2. The number of aliphatic hydroxyl groups excluding tert-OH is 1. The van der Waals surface area contributed by atoms with Crippen LogP contribution < -0.4 is 15.4 Å².